The molecule has 3 heteroatoms. The summed E-state index contributed by atoms with van der Waals surface area (Å²) in [4.78, 5) is 0. The highest BCUT2D eigenvalue weighted by Crippen LogP contribution is 2.21. The summed E-state index contributed by atoms with van der Waals surface area (Å²) >= 11 is 0. The number of hydrogen-bond acceptors (Lipinski definition) is 2. The summed E-state index contributed by atoms with van der Waals surface area (Å²) < 4.78 is 1.76. The molecule has 0 spiro atoms. The van der Waals surface area contributed by atoms with Gasteiger partial charge in [-0.25, -0.2) is 0 Å². The number of nitriles is 1. The topological polar surface area (TPSA) is 41.6 Å². The van der Waals surface area contributed by atoms with E-state index in [2.05, 4.69) is 24.2 Å². The first kappa shape index (κ1) is 10.4. The molecular formula is C13H13N3. The zero-order valence-electron chi connectivity index (χ0n) is 9.44. The SMILES string of the molecule is CCc1cc(C#N)cc(-c2cnn(C)c2)c1. The van der Waals surface area contributed by atoms with E-state index in [1.165, 1.54) is 5.56 Å². The summed E-state index contributed by atoms with van der Waals surface area (Å²) in [5.41, 5.74) is 3.99. The molecule has 0 aliphatic heterocycles. The van der Waals surface area contributed by atoms with Gasteiger partial charge in [0.25, 0.3) is 0 Å². The Bertz CT molecular complexity index is 547. The maximum Gasteiger partial charge on any atom is 0.0991 e. The van der Waals surface area contributed by atoms with Gasteiger partial charge in [0, 0.05) is 18.8 Å². The number of rotatable bonds is 2. The summed E-state index contributed by atoms with van der Waals surface area (Å²) in [5.74, 6) is 0. The first-order chi connectivity index (χ1) is 7.72. The standard InChI is InChI=1S/C13H13N3/c1-3-10-4-11(7-14)6-12(5-10)13-8-15-16(2)9-13/h4-6,8-9H,3H2,1-2H3. The van der Waals surface area contributed by atoms with E-state index in [1.807, 2.05) is 31.6 Å². The van der Waals surface area contributed by atoms with Crippen molar-refractivity contribution in [3.05, 3.63) is 41.7 Å². The fourth-order valence-electron chi connectivity index (χ4n) is 1.70. The molecule has 0 atom stereocenters. The lowest BCUT2D eigenvalue weighted by Gasteiger charge is -2.02. The van der Waals surface area contributed by atoms with E-state index in [9.17, 15) is 0 Å². The molecule has 0 aliphatic carbocycles. The second kappa shape index (κ2) is 4.19. The summed E-state index contributed by atoms with van der Waals surface area (Å²) in [6, 6.07) is 8.13. The predicted octanol–water partition coefficient (Wildman–Crippen LogP) is 2.52. The van der Waals surface area contributed by atoms with Crippen LogP contribution in [0.15, 0.2) is 30.6 Å². The van der Waals surface area contributed by atoms with Crippen molar-refractivity contribution in [3.8, 4) is 17.2 Å². The van der Waals surface area contributed by atoms with E-state index < -0.39 is 0 Å². The molecule has 3 nitrogen and oxygen atoms in total. The van der Waals surface area contributed by atoms with E-state index in [-0.39, 0.29) is 0 Å². The second-order valence-corrected chi connectivity index (χ2v) is 3.79. The van der Waals surface area contributed by atoms with Crippen molar-refractivity contribution in [3.63, 3.8) is 0 Å². The number of hydrogen-bond donors (Lipinski definition) is 0. The van der Waals surface area contributed by atoms with Crippen molar-refractivity contribution < 1.29 is 0 Å². The van der Waals surface area contributed by atoms with Crippen molar-refractivity contribution in [2.24, 2.45) is 7.05 Å². The molecule has 1 heterocycles. The van der Waals surface area contributed by atoms with Crippen molar-refractivity contribution in [2.45, 2.75) is 13.3 Å². The Morgan fingerprint density at radius 1 is 1.31 bits per heavy atom. The average Bonchev–Trinajstić information content (AvgIpc) is 2.75. The maximum atomic E-state index is 8.96. The van der Waals surface area contributed by atoms with Gasteiger partial charge in [-0.05, 0) is 29.7 Å². The van der Waals surface area contributed by atoms with E-state index in [4.69, 9.17) is 5.26 Å². The van der Waals surface area contributed by atoms with Gasteiger partial charge in [0.1, 0.15) is 0 Å². The minimum Gasteiger partial charge on any atom is -0.275 e. The molecule has 0 bridgehead atoms. The highest BCUT2D eigenvalue weighted by atomic mass is 15.2. The van der Waals surface area contributed by atoms with Gasteiger partial charge >= 0.3 is 0 Å². The Kier molecular flexibility index (Phi) is 2.74. The lowest BCUT2D eigenvalue weighted by Crippen LogP contribution is -1.86. The van der Waals surface area contributed by atoms with E-state index in [0.29, 0.717) is 5.56 Å². The molecule has 16 heavy (non-hydrogen) atoms. The van der Waals surface area contributed by atoms with Crippen LogP contribution in [-0.2, 0) is 13.5 Å². The summed E-state index contributed by atoms with van der Waals surface area (Å²) in [7, 11) is 1.89. The molecule has 0 unspecified atom stereocenters. The fourth-order valence-corrected chi connectivity index (χ4v) is 1.70. The van der Waals surface area contributed by atoms with E-state index >= 15 is 0 Å². The highest BCUT2D eigenvalue weighted by molar-refractivity contribution is 5.65. The van der Waals surface area contributed by atoms with Crippen LogP contribution < -0.4 is 0 Å². The molecule has 2 aromatic rings. The largest absolute Gasteiger partial charge is 0.275 e. The second-order valence-electron chi connectivity index (χ2n) is 3.79. The van der Waals surface area contributed by atoms with E-state index in [1.54, 1.807) is 4.68 Å². The number of nitrogens with zero attached hydrogens (tertiary/aromatic N) is 3. The fraction of sp³-hybridized carbons (Fsp3) is 0.231. The maximum absolute atomic E-state index is 8.96. The minimum atomic E-state index is 0.707. The number of aryl methyl sites for hydroxylation is 2. The van der Waals surface area contributed by atoms with Gasteiger partial charge in [-0.3, -0.25) is 4.68 Å². The van der Waals surface area contributed by atoms with E-state index in [0.717, 1.165) is 17.5 Å². The summed E-state index contributed by atoms with van der Waals surface area (Å²) in [5, 5.41) is 13.1. The molecule has 0 fully saturated rings. The molecule has 1 aromatic carbocycles. The molecule has 0 saturated heterocycles. The first-order valence-electron chi connectivity index (χ1n) is 5.26. The number of benzene rings is 1. The third-order valence-corrected chi connectivity index (χ3v) is 2.57. The minimum absolute atomic E-state index is 0.707. The van der Waals surface area contributed by atoms with Crippen LogP contribution in [-0.4, -0.2) is 9.78 Å². The molecule has 0 N–H and O–H groups in total. The van der Waals surface area contributed by atoms with Gasteiger partial charge in [-0.15, -0.1) is 0 Å². The van der Waals surface area contributed by atoms with Crippen LogP contribution in [0, 0.1) is 11.3 Å². The highest BCUT2D eigenvalue weighted by Gasteiger charge is 2.04. The van der Waals surface area contributed by atoms with Crippen LogP contribution in [0.1, 0.15) is 18.1 Å². The Morgan fingerprint density at radius 2 is 2.12 bits per heavy atom. The lowest BCUT2D eigenvalue weighted by atomic mass is 10.0. The van der Waals surface area contributed by atoms with Crippen LogP contribution >= 0.6 is 0 Å². The van der Waals surface area contributed by atoms with Crippen LogP contribution in [0.3, 0.4) is 0 Å². The van der Waals surface area contributed by atoms with Gasteiger partial charge in [0.05, 0.1) is 17.8 Å². The molecule has 0 radical (unpaired) electrons. The molecule has 80 valence electrons. The monoisotopic (exact) mass is 211 g/mol. The van der Waals surface area contributed by atoms with Crippen LogP contribution in [0.5, 0.6) is 0 Å². The van der Waals surface area contributed by atoms with Gasteiger partial charge in [0.15, 0.2) is 0 Å². The lowest BCUT2D eigenvalue weighted by molar-refractivity contribution is 0.768. The Morgan fingerprint density at radius 3 is 2.69 bits per heavy atom. The Hall–Kier alpha value is -2.08. The smallest absolute Gasteiger partial charge is 0.0991 e. The zero-order chi connectivity index (χ0) is 11.5. The predicted molar refractivity (Wildman–Crippen MR) is 62.7 cm³/mol. The quantitative estimate of drug-likeness (QED) is 0.766. The molecule has 0 saturated carbocycles. The Balaban J connectivity index is 2.52. The molecule has 0 aliphatic rings. The van der Waals surface area contributed by atoms with Gasteiger partial charge in [0.2, 0.25) is 0 Å². The Labute approximate surface area is 94.9 Å². The number of aromatic nitrogens is 2. The summed E-state index contributed by atoms with van der Waals surface area (Å²) in [6.45, 7) is 2.09. The van der Waals surface area contributed by atoms with Crippen molar-refractivity contribution in [1.29, 1.82) is 5.26 Å². The van der Waals surface area contributed by atoms with Crippen molar-refractivity contribution >= 4 is 0 Å². The zero-order valence-corrected chi connectivity index (χ0v) is 9.44. The van der Waals surface area contributed by atoms with Crippen LogP contribution in [0.2, 0.25) is 0 Å². The van der Waals surface area contributed by atoms with Gasteiger partial charge < -0.3 is 0 Å². The molecule has 1 aromatic heterocycles. The molecular weight excluding hydrogens is 198 g/mol. The van der Waals surface area contributed by atoms with Crippen molar-refractivity contribution in [2.75, 3.05) is 0 Å². The van der Waals surface area contributed by atoms with Crippen LogP contribution in [0.25, 0.3) is 11.1 Å². The summed E-state index contributed by atoms with van der Waals surface area (Å²) in [6.07, 6.45) is 4.70. The third-order valence-electron chi connectivity index (χ3n) is 2.57. The molecule has 0 amide bonds. The van der Waals surface area contributed by atoms with Gasteiger partial charge in [-0.1, -0.05) is 13.0 Å². The average molecular weight is 211 g/mol. The normalized spacial score (nSPS) is 10.1. The third kappa shape index (κ3) is 1.96. The van der Waals surface area contributed by atoms with Crippen molar-refractivity contribution in [1.82, 2.24) is 9.78 Å². The van der Waals surface area contributed by atoms with Crippen LogP contribution in [0.4, 0.5) is 0 Å². The molecule has 2 rings (SSSR count). The first-order valence-corrected chi connectivity index (χ1v) is 5.26. The van der Waals surface area contributed by atoms with Gasteiger partial charge in [-0.2, -0.15) is 10.4 Å².